The molecule has 1 N–H and O–H groups in total. The SMILES string of the molecule is [C-]#[N+]c1cc(Cl)cc(Oc2c(Cl)ccn(Cc3[nH]nc4ncccc34)c2=O)c1. The number of nitrogens with one attached hydrogen (secondary N) is 1. The number of aromatic amines is 1. The Kier molecular flexibility index (Phi) is 4.74. The minimum absolute atomic E-state index is 0.0516. The number of fused-ring (bicyclic) bond motifs is 1. The first-order valence-electron chi connectivity index (χ1n) is 8.08. The second-order valence-electron chi connectivity index (χ2n) is 5.86. The van der Waals surface area contributed by atoms with E-state index in [-0.39, 0.29) is 23.1 Å². The van der Waals surface area contributed by atoms with Gasteiger partial charge in [0.15, 0.2) is 11.3 Å². The van der Waals surface area contributed by atoms with E-state index in [4.69, 9.17) is 34.5 Å². The lowest BCUT2D eigenvalue weighted by Crippen LogP contribution is -2.21. The van der Waals surface area contributed by atoms with Gasteiger partial charge in [-0.2, -0.15) is 5.10 Å². The molecule has 0 fully saturated rings. The fourth-order valence-corrected chi connectivity index (χ4v) is 3.13. The third-order valence-corrected chi connectivity index (χ3v) is 4.53. The minimum Gasteiger partial charge on any atom is -0.451 e. The number of rotatable bonds is 4. The topological polar surface area (TPSA) is 77.2 Å². The number of ether oxygens (including phenoxy) is 1. The number of nitrogens with zero attached hydrogens (tertiary/aromatic N) is 4. The van der Waals surface area contributed by atoms with Crippen LogP contribution in [0.2, 0.25) is 10.0 Å². The summed E-state index contributed by atoms with van der Waals surface area (Å²) in [6.07, 6.45) is 3.22. The Bertz CT molecular complexity index is 1290. The van der Waals surface area contributed by atoms with E-state index in [2.05, 4.69) is 20.0 Å². The van der Waals surface area contributed by atoms with Gasteiger partial charge < -0.3 is 9.30 Å². The monoisotopic (exact) mass is 411 g/mol. The lowest BCUT2D eigenvalue weighted by Gasteiger charge is -2.11. The Morgan fingerprint density at radius 1 is 1.25 bits per heavy atom. The Morgan fingerprint density at radius 3 is 2.93 bits per heavy atom. The number of aromatic nitrogens is 4. The Labute approximate surface area is 168 Å². The van der Waals surface area contributed by atoms with Crippen molar-refractivity contribution in [1.82, 2.24) is 19.7 Å². The van der Waals surface area contributed by atoms with Gasteiger partial charge in [-0.15, -0.1) is 0 Å². The van der Waals surface area contributed by atoms with E-state index in [0.717, 1.165) is 11.1 Å². The summed E-state index contributed by atoms with van der Waals surface area (Å²) in [5.74, 6) is 0.204. The summed E-state index contributed by atoms with van der Waals surface area (Å²) in [6, 6.07) is 9.74. The number of hydrogen-bond acceptors (Lipinski definition) is 4. The van der Waals surface area contributed by atoms with Crippen molar-refractivity contribution in [3.05, 3.63) is 86.3 Å². The normalized spacial score (nSPS) is 10.8. The molecule has 3 aromatic heterocycles. The van der Waals surface area contributed by atoms with Gasteiger partial charge in [0, 0.05) is 22.8 Å². The van der Waals surface area contributed by atoms with Crippen LogP contribution >= 0.6 is 23.2 Å². The van der Waals surface area contributed by atoms with Crippen LogP contribution in [0.25, 0.3) is 15.9 Å². The van der Waals surface area contributed by atoms with Gasteiger partial charge in [0.2, 0.25) is 5.75 Å². The molecule has 0 spiro atoms. The maximum atomic E-state index is 12.9. The van der Waals surface area contributed by atoms with Crippen LogP contribution < -0.4 is 10.3 Å². The smallest absolute Gasteiger partial charge is 0.295 e. The number of halogens is 2. The molecule has 4 rings (SSSR count). The van der Waals surface area contributed by atoms with Crippen LogP contribution in [0.5, 0.6) is 11.5 Å². The molecule has 0 aliphatic carbocycles. The highest BCUT2D eigenvalue weighted by atomic mass is 35.5. The average molecular weight is 412 g/mol. The van der Waals surface area contributed by atoms with Gasteiger partial charge in [0.25, 0.3) is 5.56 Å². The van der Waals surface area contributed by atoms with Gasteiger partial charge in [-0.05, 0) is 36.4 Å². The first kappa shape index (κ1) is 18.0. The Balaban J connectivity index is 1.71. The van der Waals surface area contributed by atoms with Crippen molar-refractivity contribution in [3.8, 4) is 11.5 Å². The highest BCUT2D eigenvalue weighted by Crippen LogP contribution is 2.31. The molecule has 4 aromatic rings. The van der Waals surface area contributed by atoms with Crippen molar-refractivity contribution in [2.45, 2.75) is 6.54 Å². The summed E-state index contributed by atoms with van der Waals surface area (Å²) in [7, 11) is 0. The van der Waals surface area contributed by atoms with Gasteiger partial charge in [-0.25, -0.2) is 9.83 Å². The van der Waals surface area contributed by atoms with Crippen molar-refractivity contribution >= 4 is 39.9 Å². The van der Waals surface area contributed by atoms with Crippen molar-refractivity contribution < 1.29 is 4.74 Å². The molecule has 7 nitrogen and oxygen atoms in total. The van der Waals surface area contributed by atoms with Gasteiger partial charge in [0.05, 0.1) is 23.8 Å². The lowest BCUT2D eigenvalue weighted by atomic mass is 10.2. The van der Waals surface area contributed by atoms with E-state index in [0.29, 0.717) is 16.4 Å². The van der Waals surface area contributed by atoms with Crippen molar-refractivity contribution in [2.75, 3.05) is 0 Å². The molecule has 3 heterocycles. The summed E-state index contributed by atoms with van der Waals surface area (Å²) in [5, 5.41) is 8.33. The highest BCUT2D eigenvalue weighted by Gasteiger charge is 2.14. The molecule has 0 saturated carbocycles. The van der Waals surface area contributed by atoms with Crippen molar-refractivity contribution in [1.29, 1.82) is 0 Å². The molecule has 0 unspecified atom stereocenters. The molecule has 0 radical (unpaired) electrons. The third kappa shape index (κ3) is 3.43. The quantitative estimate of drug-likeness (QED) is 0.488. The summed E-state index contributed by atoms with van der Waals surface area (Å²) in [4.78, 5) is 20.4. The van der Waals surface area contributed by atoms with E-state index in [1.54, 1.807) is 24.5 Å². The zero-order valence-corrected chi connectivity index (χ0v) is 15.7. The zero-order chi connectivity index (χ0) is 19.7. The summed E-state index contributed by atoms with van der Waals surface area (Å²) < 4.78 is 7.13. The average Bonchev–Trinajstić information content (AvgIpc) is 3.10. The van der Waals surface area contributed by atoms with Crippen LogP contribution in [-0.2, 0) is 6.54 Å². The Hall–Kier alpha value is -3.34. The van der Waals surface area contributed by atoms with Gasteiger partial charge in [-0.3, -0.25) is 9.89 Å². The highest BCUT2D eigenvalue weighted by molar-refractivity contribution is 6.32. The molecular weight excluding hydrogens is 401 g/mol. The van der Waals surface area contributed by atoms with E-state index in [1.165, 1.54) is 22.8 Å². The zero-order valence-electron chi connectivity index (χ0n) is 14.2. The third-order valence-electron chi connectivity index (χ3n) is 4.01. The second-order valence-corrected chi connectivity index (χ2v) is 6.71. The summed E-state index contributed by atoms with van der Waals surface area (Å²) in [5.41, 5.74) is 1.17. The predicted octanol–water partition coefficient (Wildman–Crippen LogP) is 4.82. The molecule has 1 aromatic carbocycles. The first-order valence-corrected chi connectivity index (χ1v) is 8.83. The van der Waals surface area contributed by atoms with Gasteiger partial charge in [-0.1, -0.05) is 23.2 Å². The minimum atomic E-state index is -0.427. The molecule has 138 valence electrons. The van der Waals surface area contributed by atoms with Crippen molar-refractivity contribution in [3.63, 3.8) is 0 Å². The molecule has 0 amide bonds. The molecule has 28 heavy (non-hydrogen) atoms. The van der Waals surface area contributed by atoms with Crippen LogP contribution in [0.15, 0.2) is 53.6 Å². The molecule has 0 atom stereocenters. The van der Waals surface area contributed by atoms with Crippen LogP contribution in [-0.4, -0.2) is 19.7 Å². The van der Waals surface area contributed by atoms with Crippen LogP contribution in [0, 0.1) is 6.57 Å². The van der Waals surface area contributed by atoms with Gasteiger partial charge >= 0.3 is 0 Å². The largest absolute Gasteiger partial charge is 0.451 e. The van der Waals surface area contributed by atoms with Crippen LogP contribution in [0.3, 0.4) is 0 Å². The number of hydrogen-bond donors (Lipinski definition) is 1. The standard InChI is InChI=1S/C19H11Cl2N5O2/c1-22-12-7-11(20)8-13(9-12)28-17-15(21)4-6-26(19(17)27)10-16-14-3-2-5-23-18(14)25-24-16/h2-9H,10H2,(H,23,24,25). The molecular formula is C19H11Cl2N5O2. The van der Waals surface area contributed by atoms with E-state index >= 15 is 0 Å². The van der Waals surface area contributed by atoms with Crippen LogP contribution in [0.4, 0.5) is 5.69 Å². The fraction of sp³-hybridized carbons (Fsp3) is 0.0526. The van der Waals surface area contributed by atoms with E-state index in [9.17, 15) is 4.79 Å². The van der Waals surface area contributed by atoms with Crippen molar-refractivity contribution in [2.24, 2.45) is 0 Å². The second kappa shape index (κ2) is 7.35. The Morgan fingerprint density at radius 2 is 2.11 bits per heavy atom. The van der Waals surface area contributed by atoms with E-state index < -0.39 is 5.56 Å². The van der Waals surface area contributed by atoms with Crippen LogP contribution in [0.1, 0.15) is 5.69 Å². The maximum Gasteiger partial charge on any atom is 0.295 e. The number of pyridine rings is 2. The lowest BCUT2D eigenvalue weighted by molar-refractivity contribution is 0.468. The molecule has 0 bridgehead atoms. The number of benzene rings is 1. The van der Waals surface area contributed by atoms with E-state index in [1.807, 2.05) is 6.07 Å². The predicted molar refractivity (Wildman–Crippen MR) is 106 cm³/mol. The maximum absolute atomic E-state index is 12.9. The fourth-order valence-electron chi connectivity index (χ4n) is 2.73. The number of H-pyrrole nitrogens is 1. The molecule has 0 aliphatic heterocycles. The summed E-state index contributed by atoms with van der Waals surface area (Å²) >= 11 is 12.2. The summed E-state index contributed by atoms with van der Waals surface area (Å²) in [6.45, 7) is 7.35. The first-order chi connectivity index (χ1) is 13.5. The molecule has 0 aliphatic rings. The van der Waals surface area contributed by atoms with Gasteiger partial charge in [0.1, 0.15) is 5.75 Å². The molecule has 0 saturated heterocycles. The molecule has 9 heteroatoms.